The Morgan fingerprint density at radius 1 is 0.938 bits per heavy atom. The third-order valence-corrected chi connectivity index (χ3v) is 6.72. The van der Waals surface area contributed by atoms with Crippen LogP contribution in [0.15, 0.2) is 54.7 Å². The lowest BCUT2D eigenvalue weighted by molar-refractivity contribution is 0.0928. The van der Waals surface area contributed by atoms with E-state index >= 15 is 0 Å². The van der Waals surface area contributed by atoms with Crippen LogP contribution in [-0.2, 0) is 0 Å². The molecule has 1 saturated carbocycles. The van der Waals surface area contributed by atoms with Crippen LogP contribution in [0, 0.1) is 5.82 Å². The van der Waals surface area contributed by atoms with Gasteiger partial charge in [0.1, 0.15) is 11.6 Å². The third-order valence-electron chi connectivity index (χ3n) is 6.72. The molecule has 0 unspecified atom stereocenters. The van der Waals surface area contributed by atoms with Gasteiger partial charge in [-0.1, -0.05) is 37.5 Å². The molecule has 0 spiro atoms. The van der Waals surface area contributed by atoms with E-state index in [0.717, 1.165) is 55.6 Å². The van der Waals surface area contributed by atoms with Gasteiger partial charge in [0, 0.05) is 49.4 Å². The summed E-state index contributed by atoms with van der Waals surface area (Å²) in [5.41, 5.74) is 1.34. The highest BCUT2D eigenvalue weighted by molar-refractivity contribution is 6.01. The summed E-state index contributed by atoms with van der Waals surface area (Å²) in [5, 5.41) is 5.27. The maximum Gasteiger partial charge on any atom is 0.251 e. The molecule has 0 bridgehead atoms. The summed E-state index contributed by atoms with van der Waals surface area (Å²) >= 11 is 0. The zero-order chi connectivity index (χ0) is 21.9. The number of carbonyl (C=O) groups is 1. The van der Waals surface area contributed by atoms with E-state index in [1.54, 1.807) is 6.07 Å². The Hall–Kier alpha value is -3.15. The van der Waals surface area contributed by atoms with Gasteiger partial charge in [-0.15, -0.1) is 0 Å². The molecule has 3 aromatic rings. The van der Waals surface area contributed by atoms with Crippen LogP contribution in [0.2, 0.25) is 0 Å². The van der Waals surface area contributed by atoms with Crippen molar-refractivity contribution in [1.82, 2.24) is 10.3 Å². The smallest absolute Gasteiger partial charge is 0.251 e. The van der Waals surface area contributed by atoms with Gasteiger partial charge in [0.25, 0.3) is 5.91 Å². The highest BCUT2D eigenvalue weighted by atomic mass is 19.1. The quantitative estimate of drug-likeness (QED) is 0.646. The first-order chi connectivity index (χ1) is 15.7. The van der Waals surface area contributed by atoms with E-state index in [-0.39, 0.29) is 17.8 Å². The van der Waals surface area contributed by atoms with Crippen LogP contribution in [0.4, 0.5) is 15.9 Å². The van der Waals surface area contributed by atoms with Gasteiger partial charge < -0.3 is 15.1 Å². The molecular weight excluding hydrogens is 403 g/mol. The highest BCUT2D eigenvalue weighted by Crippen LogP contribution is 2.28. The number of para-hydroxylation sites is 1. The normalized spacial score (nSPS) is 17.5. The van der Waals surface area contributed by atoms with Crippen molar-refractivity contribution in [3.8, 4) is 0 Å². The van der Waals surface area contributed by atoms with E-state index in [0.29, 0.717) is 11.3 Å². The van der Waals surface area contributed by atoms with Crippen molar-refractivity contribution < 1.29 is 9.18 Å². The maximum atomic E-state index is 14.2. The number of fused-ring (bicyclic) bond motifs is 1. The zero-order valence-corrected chi connectivity index (χ0v) is 18.3. The largest absolute Gasteiger partial charge is 0.366 e. The Bertz CT molecular complexity index is 1100. The molecule has 2 fully saturated rings. The van der Waals surface area contributed by atoms with Crippen molar-refractivity contribution in [3.63, 3.8) is 0 Å². The summed E-state index contributed by atoms with van der Waals surface area (Å²) in [4.78, 5) is 21.9. The van der Waals surface area contributed by atoms with Crippen LogP contribution in [0.25, 0.3) is 10.8 Å². The second-order valence-corrected chi connectivity index (χ2v) is 8.80. The second kappa shape index (κ2) is 9.15. The second-order valence-electron chi connectivity index (χ2n) is 8.80. The fraction of sp³-hybridized carbons (Fsp3) is 0.385. The molecule has 1 amide bonds. The van der Waals surface area contributed by atoms with Gasteiger partial charge in [-0.3, -0.25) is 4.79 Å². The average molecular weight is 433 g/mol. The number of rotatable bonds is 4. The molecule has 1 aromatic heterocycles. The number of carbonyl (C=O) groups excluding carboxylic acids is 1. The first kappa shape index (κ1) is 20.7. The predicted octanol–water partition coefficient (Wildman–Crippen LogP) is 4.76. The van der Waals surface area contributed by atoms with Crippen LogP contribution in [0.1, 0.15) is 42.5 Å². The molecule has 2 heterocycles. The summed E-state index contributed by atoms with van der Waals surface area (Å²) < 4.78 is 14.2. The highest BCUT2D eigenvalue weighted by Gasteiger charge is 2.22. The summed E-state index contributed by atoms with van der Waals surface area (Å²) in [6, 6.07) is 15.1. The fourth-order valence-electron chi connectivity index (χ4n) is 4.93. The number of halogens is 1. The monoisotopic (exact) mass is 432 g/mol. The molecule has 166 valence electrons. The molecule has 2 aliphatic rings. The molecule has 1 aliphatic carbocycles. The first-order valence-corrected chi connectivity index (χ1v) is 11.6. The lowest BCUT2D eigenvalue weighted by Crippen LogP contribution is -2.47. The number of pyridine rings is 1. The molecule has 32 heavy (non-hydrogen) atoms. The molecule has 5 nitrogen and oxygen atoms in total. The number of anilines is 2. The Labute approximate surface area is 188 Å². The molecular formula is C26H29FN4O. The van der Waals surface area contributed by atoms with Crippen molar-refractivity contribution >= 4 is 28.2 Å². The van der Waals surface area contributed by atoms with E-state index in [2.05, 4.69) is 20.1 Å². The summed E-state index contributed by atoms with van der Waals surface area (Å²) in [6.07, 6.45) is 7.60. The van der Waals surface area contributed by atoms with Gasteiger partial charge in [0.15, 0.2) is 0 Å². The van der Waals surface area contributed by atoms with E-state index in [1.807, 2.05) is 42.6 Å². The fourth-order valence-corrected chi connectivity index (χ4v) is 4.93. The van der Waals surface area contributed by atoms with E-state index in [9.17, 15) is 9.18 Å². The minimum Gasteiger partial charge on any atom is -0.366 e. The van der Waals surface area contributed by atoms with Crippen LogP contribution in [0.3, 0.4) is 0 Å². The van der Waals surface area contributed by atoms with Crippen molar-refractivity contribution in [2.45, 2.75) is 38.1 Å². The van der Waals surface area contributed by atoms with Crippen LogP contribution < -0.4 is 15.1 Å². The topological polar surface area (TPSA) is 48.5 Å². The molecule has 2 aromatic carbocycles. The Kier molecular flexibility index (Phi) is 5.93. The summed E-state index contributed by atoms with van der Waals surface area (Å²) in [6.45, 7) is 2.94. The average Bonchev–Trinajstić information content (AvgIpc) is 2.84. The Balaban J connectivity index is 1.34. The summed E-state index contributed by atoms with van der Waals surface area (Å²) in [7, 11) is 0. The van der Waals surface area contributed by atoms with Gasteiger partial charge in [-0.05, 0) is 48.6 Å². The Morgan fingerprint density at radius 2 is 1.69 bits per heavy atom. The molecule has 1 N–H and O–H groups in total. The van der Waals surface area contributed by atoms with Gasteiger partial charge in [-0.2, -0.15) is 0 Å². The van der Waals surface area contributed by atoms with Gasteiger partial charge >= 0.3 is 0 Å². The van der Waals surface area contributed by atoms with Crippen molar-refractivity contribution in [1.29, 1.82) is 0 Å². The number of piperazine rings is 1. The molecule has 1 aliphatic heterocycles. The van der Waals surface area contributed by atoms with Gasteiger partial charge in [0.2, 0.25) is 0 Å². The molecule has 0 atom stereocenters. The molecule has 1 saturated heterocycles. The van der Waals surface area contributed by atoms with Crippen molar-refractivity contribution in [2.24, 2.45) is 0 Å². The third kappa shape index (κ3) is 4.27. The number of hydrogen-bond acceptors (Lipinski definition) is 4. The first-order valence-electron chi connectivity index (χ1n) is 11.6. The summed E-state index contributed by atoms with van der Waals surface area (Å²) in [5.74, 6) is 0.707. The van der Waals surface area contributed by atoms with E-state index in [1.165, 1.54) is 25.3 Å². The standard InChI is InChI=1S/C26H29FN4O/c27-23-8-4-5-9-24(23)30-14-16-31(17-15-30)25-22-18-20(11-10-19(22)12-13-28-25)26(32)29-21-6-2-1-3-7-21/h4-5,8-13,18,21H,1-3,6-7,14-17H2,(H,29,32). The lowest BCUT2D eigenvalue weighted by atomic mass is 9.95. The SMILES string of the molecule is O=C(NC1CCCCC1)c1ccc2ccnc(N3CCN(c4ccccc4F)CC3)c2c1. The van der Waals surface area contributed by atoms with Gasteiger partial charge in [-0.25, -0.2) is 9.37 Å². The number of amides is 1. The van der Waals surface area contributed by atoms with E-state index < -0.39 is 0 Å². The van der Waals surface area contributed by atoms with Crippen LogP contribution in [0.5, 0.6) is 0 Å². The van der Waals surface area contributed by atoms with Crippen molar-refractivity contribution in [2.75, 3.05) is 36.0 Å². The van der Waals surface area contributed by atoms with Crippen LogP contribution >= 0.6 is 0 Å². The van der Waals surface area contributed by atoms with E-state index in [4.69, 9.17) is 0 Å². The Morgan fingerprint density at radius 3 is 2.47 bits per heavy atom. The minimum absolute atomic E-state index is 0.00187. The lowest BCUT2D eigenvalue weighted by Gasteiger charge is -2.37. The number of nitrogens with one attached hydrogen (secondary N) is 1. The number of nitrogens with zero attached hydrogens (tertiary/aromatic N) is 3. The van der Waals surface area contributed by atoms with Crippen molar-refractivity contribution in [3.05, 3.63) is 66.1 Å². The van der Waals surface area contributed by atoms with Gasteiger partial charge in [0.05, 0.1) is 5.69 Å². The number of aromatic nitrogens is 1. The molecule has 5 rings (SSSR count). The molecule has 0 radical (unpaired) electrons. The minimum atomic E-state index is -0.183. The van der Waals surface area contributed by atoms with Crippen LogP contribution in [-0.4, -0.2) is 43.1 Å². The number of hydrogen-bond donors (Lipinski definition) is 1. The number of benzene rings is 2. The molecule has 6 heteroatoms. The maximum absolute atomic E-state index is 14.2. The predicted molar refractivity (Wildman–Crippen MR) is 127 cm³/mol. The zero-order valence-electron chi connectivity index (χ0n) is 18.3.